The molecular weight excluding hydrogens is 164 g/mol. The van der Waals surface area contributed by atoms with Gasteiger partial charge in [0, 0.05) is 11.3 Å². The number of nitrogen functional groups attached to an aromatic ring is 1. The molecule has 0 aromatic heterocycles. The van der Waals surface area contributed by atoms with E-state index in [1.54, 1.807) is 37.3 Å². The summed E-state index contributed by atoms with van der Waals surface area (Å²) < 4.78 is 0. The van der Waals surface area contributed by atoms with Crippen molar-refractivity contribution in [1.29, 1.82) is 0 Å². The molecule has 1 rings (SSSR count). The van der Waals surface area contributed by atoms with Crippen LogP contribution in [0.2, 0.25) is 0 Å². The zero-order valence-corrected chi connectivity index (χ0v) is 7.45. The quantitative estimate of drug-likeness (QED) is 0.524. The Kier molecular flexibility index (Phi) is 2.69. The number of allylic oxidation sites excluding steroid dienone is 1. The van der Waals surface area contributed by atoms with Gasteiger partial charge in [0.15, 0.2) is 0 Å². The number of hydrogen-bond donors (Lipinski definition) is 2. The summed E-state index contributed by atoms with van der Waals surface area (Å²) in [4.78, 5) is 11.0. The maximum Gasteiger partial charge on any atom is 0.248 e. The van der Waals surface area contributed by atoms with Crippen molar-refractivity contribution in [2.75, 3.05) is 5.73 Å². The molecule has 1 aromatic rings. The van der Waals surface area contributed by atoms with Gasteiger partial charge in [-0.25, -0.2) is 0 Å². The number of benzene rings is 1. The molecule has 0 unspecified atom stereocenters. The van der Waals surface area contributed by atoms with Crippen LogP contribution in [0.15, 0.2) is 30.3 Å². The van der Waals surface area contributed by atoms with Crippen LogP contribution in [0.25, 0.3) is 5.57 Å². The fourth-order valence-corrected chi connectivity index (χ4v) is 1.16. The molecule has 0 aliphatic carbocycles. The van der Waals surface area contributed by atoms with Crippen LogP contribution < -0.4 is 11.5 Å². The van der Waals surface area contributed by atoms with Crippen molar-refractivity contribution in [1.82, 2.24) is 0 Å². The van der Waals surface area contributed by atoms with Gasteiger partial charge in [0.1, 0.15) is 0 Å². The van der Waals surface area contributed by atoms with Crippen molar-refractivity contribution < 1.29 is 4.79 Å². The monoisotopic (exact) mass is 176 g/mol. The minimum absolute atomic E-state index is 0.437. The van der Waals surface area contributed by atoms with E-state index in [0.29, 0.717) is 11.3 Å². The topological polar surface area (TPSA) is 69.1 Å². The first-order chi connectivity index (χ1) is 6.15. The highest BCUT2D eigenvalue weighted by molar-refractivity contribution is 6.18. The molecule has 0 atom stereocenters. The lowest BCUT2D eigenvalue weighted by Gasteiger charge is -2.03. The number of hydrogen-bond acceptors (Lipinski definition) is 2. The lowest BCUT2D eigenvalue weighted by atomic mass is 10.0. The van der Waals surface area contributed by atoms with Gasteiger partial charge in [0.05, 0.1) is 0 Å². The minimum atomic E-state index is -0.437. The normalized spacial score (nSPS) is 11.3. The van der Waals surface area contributed by atoms with Crippen molar-refractivity contribution >= 4 is 17.2 Å². The predicted molar refractivity (Wildman–Crippen MR) is 53.7 cm³/mol. The molecule has 0 fully saturated rings. The van der Waals surface area contributed by atoms with E-state index in [1.807, 2.05) is 0 Å². The molecule has 13 heavy (non-hydrogen) atoms. The van der Waals surface area contributed by atoms with E-state index in [4.69, 9.17) is 11.5 Å². The third-order valence-corrected chi connectivity index (χ3v) is 1.75. The summed E-state index contributed by atoms with van der Waals surface area (Å²) in [6, 6.07) is 7.07. The molecule has 3 nitrogen and oxygen atoms in total. The summed E-state index contributed by atoms with van der Waals surface area (Å²) in [7, 11) is 0. The third-order valence-electron chi connectivity index (χ3n) is 1.75. The number of primary amides is 1. The van der Waals surface area contributed by atoms with Crippen LogP contribution in [0.3, 0.4) is 0 Å². The molecule has 0 radical (unpaired) electrons. The summed E-state index contributed by atoms with van der Waals surface area (Å²) in [5.41, 5.74) is 12.6. The van der Waals surface area contributed by atoms with Crippen LogP contribution in [0.1, 0.15) is 12.5 Å². The maximum atomic E-state index is 11.0. The molecule has 0 heterocycles. The zero-order chi connectivity index (χ0) is 9.84. The van der Waals surface area contributed by atoms with Gasteiger partial charge < -0.3 is 11.5 Å². The van der Waals surface area contributed by atoms with E-state index in [-0.39, 0.29) is 0 Å². The molecule has 0 spiro atoms. The first-order valence-corrected chi connectivity index (χ1v) is 3.97. The molecule has 0 bridgehead atoms. The molecule has 68 valence electrons. The highest BCUT2D eigenvalue weighted by Crippen LogP contribution is 2.16. The molecule has 0 saturated carbocycles. The Balaban J connectivity index is 3.14. The number of amides is 1. The van der Waals surface area contributed by atoms with Gasteiger partial charge in [-0.3, -0.25) is 4.79 Å². The summed E-state index contributed by atoms with van der Waals surface area (Å²) in [5, 5.41) is 0. The summed E-state index contributed by atoms with van der Waals surface area (Å²) in [5.74, 6) is -0.437. The Morgan fingerprint density at radius 2 is 2.15 bits per heavy atom. The summed E-state index contributed by atoms with van der Waals surface area (Å²) >= 11 is 0. The van der Waals surface area contributed by atoms with Gasteiger partial charge in [-0.05, 0) is 24.6 Å². The Hall–Kier alpha value is -1.77. The van der Waals surface area contributed by atoms with Gasteiger partial charge in [-0.2, -0.15) is 0 Å². The molecule has 3 heteroatoms. The highest BCUT2D eigenvalue weighted by Gasteiger charge is 2.05. The SMILES string of the molecule is CC=C(C(N)=O)c1cccc(N)c1. The van der Waals surface area contributed by atoms with Crippen molar-refractivity contribution in [2.45, 2.75) is 6.92 Å². The second-order valence-electron chi connectivity index (χ2n) is 2.69. The van der Waals surface area contributed by atoms with E-state index in [1.165, 1.54) is 0 Å². The van der Waals surface area contributed by atoms with Crippen LogP contribution in [0, 0.1) is 0 Å². The fourth-order valence-electron chi connectivity index (χ4n) is 1.16. The Bertz CT molecular complexity index is 356. The van der Waals surface area contributed by atoms with Gasteiger partial charge in [0.2, 0.25) is 5.91 Å². The molecule has 4 N–H and O–H groups in total. The minimum Gasteiger partial charge on any atom is -0.399 e. The number of anilines is 1. The van der Waals surface area contributed by atoms with Crippen LogP contribution in [-0.4, -0.2) is 5.91 Å². The van der Waals surface area contributed by atoms with Crippen molar-refractivity contribution in [3.05, 3.63) is 35.9 Å². The van der Waals surface area contributed by atoms with Gasteiger partial charge >= 0.3 is 0 Å². The van der Waals surface area contributed by atoms with E-state index in [0.717, 1.165) is 5.56 Å². The second-order valence-corrected chi connectivity index (χ2v) is 2.69. The first kappa shape index (κ1) is 9.32. The number of carbonyl (C=O) groups is 1. The molecule has 1 amide bonds. The third kappa shape index (κ3) is 2.08. The predicted octanol–water partition coefficient (Wildman–Crippen LogP) is 1.16. The maximum absolute atomic E-state index is 11.0. The zero-order valence-electron chi connectivity index (χ0n) is 7.45. The average Bonchev–Trinajstić information content (AvgIpc) is 2.04. The standard InChI is InChI=1S/C10H12N2O/c1-2-9(10(12)13)7-4-3-5-8(11)6-7/h2-6H,11H2,1H3,(H2,12,13). The van der Waals surface area contributed by atoms with Crippen LogP contribution >= 0.6 is 0 Å². The Morgan fingerprint density at radius 1 is 1.46 bits per heavy atom. The number of nitrogens with two attached hydrogens (primary N) is 2. The lowest BCUT2D eigenvalue weighted by molar-refractivity contribution is -0.112. The molecule has 1 aromatic carbocycles. The molecule has 0 aliphatic rings. The fraction of sp³-hybridized carbons (Fsp3) is 0.100. The number of rotatable bonds is 2. The van der Waals surface area contributed by atoms with E-state index in [2.05, 4.69) is 0 Å². The van der Waals surface area contributed by atoms with Crippen molar-refractivity contribution in [3.8, 4) is 0 Å². The lowest BCUT2D eigenvalue weighted by Crippen LogP contribution is -2.12. The molecular formula is C10H12N2O. The van der Waals surface area contributed by atoms with Crippen molar-refractivity contribution in [2.24, 2.45) is 5.73 Å². The van der Waals surface area contributed by atoms with Gasteiger partial charge in [-0.15, -0.1) is 0 Å². The smallest absolute Gasteiger partial charge is 0.248 e. The highest BCUT2D eigenvalue weighted by atomic mass is 16.1. The Morgan fingerprint density at radius 3 is 2.62 bits per heavy atom. The number of carbonyl (C=O) groups excluding carboxylic acids is 1. The molecule has 0 aliphatic heterocycles. The van der Waals surface area contributed by atoms with Crippen LogP contribution in [0.4, 0.5) is 5.69 Å². The van der Waals surface area contributed by atoms with E-state index in [9.17, 15) is 4.79 Å². The van der Waals surface area contributed by atoms with E-state index >= 15 is 0 Å². The second kappa shape index (κ2) is 3.76. The van der Waals surface area contributed by atoms with Crippen molar-refractivity contribution in [3.63, 3.8) is 0 Å². The van der Waals surface area contributed by atoms with Crippen LogP contribution in [-0.2, 0) is 4.79 Å². The van der Waals surface area contributed by atoms with Gasteiger partial charge in [0.25, 0.3) is 0 Å². The van der Waals surface area contributed by atoms with Gasteiger partial charge in [-0.1, -0.05) is 18.2 Å². The first-order valence-electron chi connectivity index (χ1n) is 3.97. The Labute approximate surface area is 77.0 Å². The average molecular weight is 176 g/mol. The summed E-state index contributed by atoms with van der Waals surface area (Å²) in [6.45, 7) is 1.77. The van der Waals surface area contributed by atoms with Crippen LogP contribution in [0.5, 0.6) is 0 Å². The largest absolute Gasteiger partial charge is 0.399 e. The summed E-state index contributed by atoms with van der Waals surface area (Å²) in [6.07, 6.45) is 1.68. The van der Waals surface area contributed by atoms with E-state index < -0.39 is 5.91 Å². The molecule has 0 saturated heterocycles.